The second-order valence-electron chi connectivity index (χ2n) is 5.64. The first-order valence-electron chi connectivity index (χ1n) is 7.39. The molecule has 0 bridgehead atoms. The molecule has 1 aliphatic heterocycles. The first kappa shape index (κ1) is 19.6. The third-order valence-electron chi connectivity index (χ3n) is 3.53. The zero-order valence-corrected chi connectivity index (χ0v) is 13.6. The Hall–Kier alpha value is -1.48. The Morgan fingerprint density at radius 3 is 2.30 bits per heavy atom. The summed E-state index contributed by atoms with van der Waals surface area (Å²) in [5, 5.41) is 29.2. The molecule has 0 amide bonds. The Labute approximate surface area is 134 Å². The Balaban J connectivity index is 2.98. The van der Waals surface area contributed by atoms with Crippen molar-refractivity contribution >= 4 is 11.9 Å². The van der Waals surface area contributed by atoms with Gasteiger partial charge in [0.1, 0.15) is 18.3 Å². The largest absolute Gasteiger partial charge is 0.449 e. The van der Waals surface area contributed by atoms with E-state index in [1.54, 1.807) is 20.8 Å². The van der Waals surface area contributed by atoms with E-state index in [1.807, 2.05) is 0 Å². The minimum atomic E-state index is -1.57. The Kier molecular flexibility index (Phi) is 7.14. The van der Waals surface area contributed by atoms with E-state index in [0.29, 0.717) is 0 Å². The standard InChI is InChI=1S/C15H24O8/c1-5-8(4)14(20)22-12-11(18)10(17)9(6-16)21-15(12)23-13(19)7(2)3/h5,7,9-12,15-18H,6H2,1-4H3. The van der Waals surface area contributed by atoms with E-state index in [-0.39, 0.29) is 5.57 Å². The molecule has 8 nitrogen and oxygen atoms in total. The summed E-state index contributed by atoms with van der Waals surface area (Å²) in [5.41, 5.74) is 0.282. The first-order chi connectivity index (χ1) is 10.7. The summed E-state index contributed by atoms with van der Waals surface area (Å²) in [6.07, 6.45) is -5.53. The van der Waals surface area contributed by atoms with Gasteiger partial charge in [-0.3, -0.25) is 4.79 Å². The van der Waals surface area contributed by atoms with Crippen molar-refractivity contribution in [3.05, 3.63) is 11.6 Å². The molecule has 5 atom stereocenters. The van der Waals surface area contributed by atoms with Gasteiger partial charge in [0.05, 0.1) is 12.5 Å². The zero-order valence-electron chi connectivity index (χ0n) is 13.6. The molecule has 5 unspecified atom stereocenters. The predicted octanol–water partition coefficient (Wildman–Crippen LogP) is -0.497. The van der Waals surface area contributed by atoms with Crippen LogP contribution in [0.15, 0.2) is 11.6 Å². The fraction of sp³-hybridized carbons (Fsp3) is 0.733. The number of aliphatic hydroxyl groups is 3. The van der Waals surface area contributed by atoms with E-state index in [1.165, 1.54) is 13.0 Å². The van der Waals surface area contributed by atoms with E-state index in [9.17, 15) is 24.9 Å². The first-order valence-corrected chi connectivity index (χ1v) is 7.39. The number of esters is 2. The van der Waals surface area contributed by atoms with Gasteiger partial charge in [-0.1, -0.05) is 19.9 Å². The van der Waals surface area contributed by atoms with Crippen molar-refractivity contribution in [2.75, 3.05) is 6.61 Å². The highest BCUT2D eigenvalue weighted by atomic mass is 16.7. The number of hydrogen-bond acceptors (Lipinski definition) is 8. The lowest BCUT2D eigenvalue weighted by Crippen LogP contribution is -2.61. The molecule has 8 heteroatoms. The highest BCUT2D eigenvalue weighted by molar-refractivity contribution is 5.87. The Morgan fingerprint density at radius 2 is 1.83 bits per heavy atom. The van der Waals surface area contributed by atoms with Gasteiger partial charge in [0.25, 0.3) is 0 Å². The van der Waals surface area contributed by atoms with Crippen LogP contribution in [0.25, 0.3) is 0 Å². The van der Waals surface area contributed by atoms with Crippen molar-refractivity contribution in [2.45, 2.75) is 58.4 Å². The number of rotatable bonds is 5. The molecule has 0 aromatic rings. The van der Waals surface area contributed by atoms with Crippen LogP contribution in [0.4, 0.5) is 0 Å². The molecule has 3 N–H and O–H groups in total. The molecule has 1 heterocycles. The van der Waals surface area contributed by atoms with E-state index in [2.05, 4.69) is 0 Å². The maximum absolute atomic E-state index is 11.9. The predicted molar refractivity (Wildman–Crippen MR) is 78.0 cm³/mol. The third-order valence-corrected chi connectivity index (χ3v) is 3.53. The minimum Gasteiger partial charge on any atom is -0.449 e. The van der Waals surface area contributed by atoms with Crippen molar-refractivity contribution in [2.24, 2.45) is 5.92 Å². The van der Waals surface area contributed by atoms with Gasteiger partial charge in [-0.05, 0) is 13.8 Å². The van der Waals surface area contributed by atoms with Gasteiger partial charge < -0.3 is 29.5 Å². The van der Waals surface area contributed by atoms with E-state index in [0.717, 1.165) is 0 Å². The summed E-state index contributed by atoms with van der Waals surface area (Å²) >= 11 is 0. The molecule has 1 rings (SSSR count). The number of aliphatic hydroxyl groups excluding tert-OH is 3. The molecular formula is C15H24O8. The number of ether oxygens (including phenoxy) is 3. The maximum atomic E-state index is 11.9. The van der Waals surface area contributed by atoms with Gasteiger partial charge >= 0.3 is 11.9 Å². The molecule has 1 saturated heterocycles. The van der Waals surface area contributed by atoms with Crippen molar-refractivity contribution in [1.29, 1.82) is 0 Å². The molecule has 0 spiro atoms. The Morgan fingerprint density at radius 1 is 1.22 bits per heavy atom. The second-order valence-corrected chi connectivity index (χ2v) is 5.64. The summed E-state index contributed by atoms with van der Waals surface area (Å²) < 4.78 is 15.5. The summed E-state index contributed by atoms with van der Waals surface area (Å²) in [4.78, 5) is 23.6. The zero-order chi connectivity index (χ0) is 17.7. The lowest BCUT2D eigenvalue weighted by molar-refractivity contribution is -0.296. The van der Waals surface area contributed by atoms with Gasteiger partial charge in [-0.15, -0.1) is 0 Å². The quantitative estimate of drug-likeness (QED) is 0.455. The summed E-state index contributed by atoms with van der Waals surface area (Å²) in [7, 11) is 0. The highest BCUT2D eigenvalue weighted by Gasteiger charge is 2.48. The minimum absolute atomic E-state index is 0.282. The van der Waals surface area contributed by atoms with Gasteiger partial charge in [0, 0.05) is 5.57 Å². The van der Waals surface area contributed by atoms with Crippen molar-refractivity contribution in [3.63, 3.8) is 0 Å². The van der Waals surface area contributed by atoms with Crippen LogP contribution in [0.2, 0.25) is 0 Å². The fourth-order valence-electron chi connectivity index (χ4n) is 1.86. The van der Waals surface area contributed by atoms with Gasteiger partial charge in [0.2, 0.25) is 6.29 Å². The van der Waals surface area contributed by atoms with Crippen LogP contribution in [-0.2, 0) is 23.8 Å². The number of allylic oxidation sites excluding steroid dienone is 1. The normalized spacial score (nSPS) is 31.8. The van der Waals surface area contributed by atoms with Crippen LogP contribution >= 0.6 is 0 Å². The molecule has 132 valence electrons. The second kappa shape index (κ2) is 8.39. The molecule has 0 aromatic heterocycles. The molecular weight excluding hydrogens is 308 g/mol. The monoisotopic (exact) mass is 332 g/mol. The van der Waals surface area contributed by atoms with Crippen molar-refractivity contribution in [1.82, 2.24) is 0 Å². The van der Waals surface area contributed by atoms with E-state index >= 15 is 0 Å². The van der Waals surface area contributed by atoms with Crippen molar-refractivity contribution in [3.8, 4) is 0 Å². The van der Waals surface area contributed by atoms with Crippen LogP contribution in [0.3, 0.4) is 0 Å². The third kappa shape index (κ3) is 4.74. The summed E-state index contributed by atoms with van der Waals surface area (Å²) in [5.74, 6) is -1.83. The topological polar surface area (TPSA) is 123 Å². The van der Waals surface area contributed by atoms with E-state index < -0.39 is 55.2 Å². The highest BCUT2D eigenvalue weighted by Crippen LogP contribution is 2.26. The van der Waals surface area contributed by atoms with Crippen LogP contribution in [0, 0.1) is 5.92 Å². The molecule has 0 aliphatic carbocycles. The smallest absolute Gasteiger partial charge is 0.333 e. The molecule has 0 aromatic carbocycles. The van der Waals surface area contributed by atoms with E-state index in [4.69, 9.17) is 14.2 Å². The van der Waals surface area contributed by atoms with Crippen LogP contribution in [0.1, 0.15) is 27.7 Å². The molecule has 1 fully saturated rings. The van der Waals surface area contributed by atoms with Gasteiger partial charge in [0.15, 0.2) is 6.10 Å². The fourth-order valence-corrected chi connectivity index (χ4v) is 1.86. The number of carbonyl (C=O) groups is 2. The van der Waals surface area contributed by atoms with Crippen LogP contribution < -0.4 is 0 Å². The molecule has 23 heavy (non-hydrogen) atoms. The SMILES string of the molecule is CC=C(C)C(=O)OC1C(OC(=O)C(C)C)OC(CO)C(O)C1O. The molecule has 0 radical (unpaired) electrons. The molecule has 1 aliphatic rings. The van der Waals surface area contributed by atoms with Crippen molar-refractivity contribution < 1.29 is 39.1 Å². The summed E-state index contributed by atoms with van der Waals surface area (Å²) in [6, 6.07) is 0. The Bertz CT molecular complexity index is 458. The average Bonchev–Trinajstić information content (AvgIpc) is 2.52. The lowest BCUT2D eigenvalue weighted by atomic mass is 9.99. The van der Waals surface area contributed by atoms with Gasteiger partial charge in [-0.2, -0.15) is 0 Å². The number of carbonyl (C=O) groups excluding carboxylic acids is 2. The van der Waals surface area contributed by atoms with Crippen LogP contribution in [-0.4, -0.2) is 64.6 Å². The molecule has 0 saturated carbocycles. The average molecular weight is 332 g/mol. The number of hydrogen-bond donors (Lipinski definition) is 3. The van der Waals surface area contributed by atoms with Crippen LogP contribution in [0.5, 0.6) is 0 Å². The lowest BCUT2D eigenvalue weighted by Gasteiger charge is -2.41. The summed E-state index contributed by atoms with van der Waals surface area (Å²) in [6.45, 7) is 5.76. The van der Waals surface area contributed by atoms with Gasteiger partial charge in [-0.25, -0.2) is 4.79 Å². The maximum Gasteiger partial charge on any atom is 0.333 e.